The lowest BCUT2D eigenvalue weighted by Crippen LogP contribution is -2.56. The summed E-state index contributed by atoms with van der Waals surface area (Å²) >= 11 is 0. The summed E-state index contributed by atoms with van der Waals surface area (Å²) in [5.74, 6) is -0.140. The van der Waals surface area contributed by atoms with Crippen LogP contribution in [-0.4, -0.2) is 67.6 Å². The van der Waals surface area contributed by atoms with Crippen molar-refractivity contribution in [2.24, 2.45) is 5.73 Å². The van der Waals surface area contributed by atoms with Crippen LogP contribution in [0.5, 0.6) is 0 Å². The highest BCUT2D eigenvalue weighted by Crippen LogP contribution is 2.21. The van der Waals surface area contributed by atoms with Crippen LogP contribution in [-0.2, 0) is 4.79 Å². The van der Waals surface area contributed by atoms with Crippen molar-refractivity contribution < 1.29 is 9.18 Å². The lowest BCUT2D eigenvalue weighted by molar-refractivity contribution is -0.131. The standard InChI is InChI=1S/C17H25FN4O.2ClH/c18-14-3-5-15(6-4-14)20-8-10-21(11-9-20)16-2-1-7-22(13-16)17(23)12-19;;/h3-6,16H,1-2,7-13,19H2;2*1H. The minimum Gasteiger partial charge on any atom is -0.369 e. The van der Waals surface area contributed by atoms with Crippen LogP contribution in [0.1, 0.15) is 12.8 Å². The van der Waals surface area contributed by atoms with Gasteiger partial charge in [0.25, 0.3) is 0 Å². The van der Waals surface area contributed by atoms with E-state index in [0.29, 0.717) is 6.04 Å². The number of nitrogens with zero attached hydrogens (tertiary/aromatic N) is 3. The number of hydrogen-bond donors (Lipinski definition) is 1. The fourth-order valence-corrected chi connectivity index (χ4v) is 3.61. The van der Waals surface area contributed by atoms with Gasteiger partial charge >= 0.3 is 0 Å². The maximum atomic E-state index is 13.0. The maximum Gasteiger partial charge on any atom is 0.236 e. The second-order valence-electron chi connectivity index (χ2n) is 6.34. The summed E-state index contributed by atoms with van der Waals surface area (Å²) in [5, 5.41) is 0. The van der Waals surface area contributed by atoms with Crippen LogP contribution in [0.2, 0.25) is 0 Å². The van der Waals surface area contributed by atoms with Gasteiger partial charge in [0.05, 0.1) is 6.54 Å². The average molecular weight is 393 g/mol. The Kier molecular flexibility index (Phi) is 8.93. The summed E-state index contributed by atoms with van der Waals surface area (Å²) in [6.07, 6.45) is 2.19. The van der Waals surface area contributed by atoms with Gasteiger partial charge in [0.1, 0.15) is 5.82 Å². The van der Waals surface area contributed by atoms with Crippen molar-refractivity contribution in [1.82, 2.24) is 9.80 Å². The first-order valence-corrected chi connectivity index (χ1v) is 8.40. The largest absolute Gasteiger partial charge is 0.369 e. The van der Waals surface area contributed by atoms with E-state index in [4.69, 9.17) is 5.73 Å². The summed E-state index contributed by atoms with van der Waals surface area (Å²) in [4.78, 5) is 18.5. The molecular formula is C17H27Cl2FN4O. The molecule has 0 spiro atoms. The fourth-order valence-electron chi connectivity index (χ4n) is 3.61. The van der Waals surface area contributed by atoms with Crippen LogP contribution in [0.15, 0.2) is 24.3 Å². The van der Waals surface area contributed by atoms with E-state index in [2.05, 4.69) is 9.80 Å². The summed E-state index contributed by atoms with van der Waals surface area (Å²) < 4.78 is 13.0. The maximum absolute atomic E-state index is 13.0. The molecule has 1 unspecified atom stereocenters. The first-order valence-electron chi connectivity index (χ1n) is 8.40. The highest BCUT2D eigenvalue weighted by Gasteiger charge is 2.29. The molecule has 1 amide bonds. The molecule has 2 aliphatic heterocycles. The molecule has 8 heteroatoms. The number of likely N-dealkylation sites (tertiary alicyclic amines) is 1. The number of amides is 1. The monoisotopic (exact) mass is 392 g/mol. The zero-order valence-corrected chi connectivity index (χ0v) is 15.9. The number of halogens is 3. The number of rotatable bonds is 3. The Labute approximate surface area is 161 Å². The van der Waals surface area contributed by atoms with Crippen molar-refractivity contribution in [1.29, 1.82) is 0 Å². The molecular weight excluding hydrogens is 366 g/mol. The summed E-state index contributed by atoms with van der Waals surface area (Å²) in [7, 11) is 0. The minimum absolute atomic E-state index is 0. The number of piperidine rings is 1. The lowest BCUT2D eigenvalue weighted by atomic mass is 10.0. The smallest absolute Gasteiger partial charge is 0.236 e. The molecule has 2 heterocycles. The molecule has 1 aromatic rings. The number of piperazine rings is 1. The summed E-state index contributed by atoms with van der Waals surface area (Å²) in [6.45, 7) is 5.57. The molecule has 25 heavy (non-hydrogen) atoms. The van der Waals surface area contributed by atoms with Crippen LogP contribution in [0, 0.1) is 5.82 Å². The zero-order valence-electron chi connectivity index (χ0n) is 14.3. The average Bonchev–Trinajstić information content (AvgIpc) is 2.62. The van der Waals surface area contributed by atoms with Gasteiger partial charge in [-0.05, 0) is 37.1 Å². The number of carbonyl (C=O) groups is 1. The van der Waals surface area contributed by atoms with Crippen LogP contribution < -0.4 is 10.6 Å². The SMILES string of the molecule is Cl.Cl.NCC(=O)N1CCCC(N2CCN(c3ccc(F)cc3)CC2)C1. The molecule has 0 bridgehead atoms. The van der Waals surface area contributed by atoms with Crippen LogP contribution in [0.25, 0.3) is 0 Å². The molecule has 3 rings (SSSR count). The first kappa shape index (κ1) is 22.0. The Hall–Kier alpha value is -1.08. The quantitative estimate of drug-likeness (QED) is 0.850. The zero-order chi connectivity index (χ0) is 16.2. The van der Waals surface area contributed by atoms with Crippen molar-refractivity contribution in [2.75, 3.05) is 50.7 Å². The first-order chi connectivity index (χ1) is 11.2. The Bertz CT molecular complexity index is 538. The third-order valence-electron chi connectivity index (χ3n) is 4.95. The number of anilines is 1. The molecule has 0 aliphatic carbocycles. The third-order valence-corrected chi connectivity index (χ3v) is 4.95. The minimum atomic E-state index is -0.195. The van der Waals surface area contributed by atoms with Gasteiger partial charge in [-0.2, -0.15) is 0 Å². The Morgan fingerprint density at radius 1 is 1.08 bits per heavy atom. The molecule has 5 nitrogen and oxygen atoms in total. The van der Waals surface area contributed by atoms with Gasteiger partial charge in [-0.25, -0.2) is 4.39 Å². The van der Waals surface area contributed by atoms with Gasteiger partial charge in [-0.1, -0.05) is 0 Å². The lowest BCUT2D eigenvalue weighted by Gasteiger charge is -2.43. The number of benzene rings is 1. The molecule has 1 atom stereocenters. The van der Waals surface area contributed by atoms with Gasteiger partial charge in [0.15, 0.2) is 0 Å². The molecule has 2 N–H and O–H groups in total. The Morgan fingerprint density at radius 3 is 2.32 bits per heavy atom. The van der Waals surface area contributed by atoms with E-state index >= 15 is 0 Å². The summed E-state index contributed by atoms with van der Waals surface area (Å²) in [6, 6.07) is 7.15. The van der Waals surface area contributed by atoms with Gasteiger partial charge in [-0.3, -0.25) is 9.69 Å². The molecule has 2 fully saturated rings. The van der Waals surface area contributed by atoms with E-state index in [0.717, 1.165) is 57.8 Å². The van der Waals surface area contributed by atoms with E-state index in [-0.39, 0.29) is 43.1 Å². The molecule has 2 saturated heterocycles. The van der Waals surface area contributed by atoms with Crippen LogP contribution in [0.4, 0.5) is 10.1 Å². The third kappa shape index (κ3) is 5.45. The van der Waals surface area contributed by atoms with E-state index in [1.165, 1.54) is 12.1 Å². The molecule has 142 valence electrons. The Morgan fingerprint density at radius 2 is 1.72 bits per heavy atom. The number of hydrogen-bond acceptors (Lipinski definition) is 4. The predicted octanol–water partition coefficient (Wildman–Crippen LogP) is 1.74. The molecule has 2 aliphatic rings. The Balaban J connectivity index is 0.00000156. The number of nitrogens with two attached hydrogens (primary N) is 1. The highest BCUT2D eigenvalue weighted by molar-refractivity contribution is 5.85. The molecule has 0 radical (unpaired) electrons. The van der Waals surface area contributed by atoms with Crippen molar-refractivity contribution >= 4 is 36.4 Å². The van der Waals surface area contributed by atoms with Gasteiger partial charge in [0, 0.05) is 51.0 Å². The van der Waals surface area contributed by atoms with E-state index in [1.807, 2.05) is 17.0 Å². The van der Waals surface area contributed by atoms with E-state index in [9.17, 15) is 9.18 Å². The van der Waals surface area contributed by atoms with Crippen molar-refractivity contribution in [3.05, 3.63) is 30.1 Å². The fraction of sp³-hybridized carbons (Fsp3) is 0.588. The van der Waals surface area contributed by atoms with Crippen LogP contribution in [0.3, 0.4) is 0 Å². The molecule has 0 aromatic heterocycles. The molecule has 1 aromatic carbocycles. The van der Waals surface area contributed by atoms with Gasteiger partial charge < -0.3 is 15.5 Å². The van der Waals surface area contributed by atoms with Gasteiger partial charge in [-0.15, -0.1) is 24.8 Å². The normalized spacial score (nSPS) is 21.3. The highest BCUT2D eigenvalue weighted by atomic mass is 35.5. The number of carbonyl (C=O) groups excluding carboxylic acids is 1. The van der Waals surface area contributed by atoms with E-state index < -0.39 is 0 Å². The topological polar surface area (TPSA) is 52.8 Å². The second-order valence-corrected chi connectivity index (χ2v) is 6.34. The van der Waals surface area contributed by atoms with Gasteiger partial charge in [0.2, 0.25) is 5.91 Å². The molecule has 0 saturated carbocycles. The van der Waals surface area contributed by atoms with Crippen molar-refractivity contribution in [3.63, 3.8) is 0 Å². The van der Waals surface area contributed by atoms with E-state index in [1.54, 1.807) is 0 Å². The predicted molar refractivity (Wildman–Crippen MR) is 103 cm³/mol. The van der Waals surface area contributed by atoms with Crippen molar-refractivity contribution in [2.45, 2.75) is 18.9 Å². The summed E-state index contributed by atoms with van der Waals surface area (Å²) in [5.41, 5.74) is 6.56. The van der Waals surface area contributed by atoms with Crippen molar-refractivity contribution in [3.8, 4) is 0 Å². The van der Waals surface area contributed by atoms with Crippen LogP contribution >= 0.6 is 24.8 Å². The second kappa shape index (κ2) is 10.2.